The van der Waals surface area contributed by atoms with E-state index in [2.05, 4.69) is 10.6 Å². The number of nitrogens with one attached hydrogen (secondary N) is 2. The number of benzene rings is 1. The molecule has 2 heterocycles. The molecule has 3 amide bonds. The zero-order chi connectivity index (χ0) is 15.0. The van der Waals surface area contributed by atoms with Crippen molar-refractivity contribution >= 4 is 23.6 Å². The van der Waals surface area contributed by atoms with Crippen molar-refractivity contribution in [3.63, 3.8) is 0 Å². The van der Waals surface area contributed by atoms with Crippen molar-refractivity contribution in [1.82, 2.24) is 10.6 Å². The molecule has 0 bridgehead atoms. The van der Waals surface area contributed by atoms with E-state index in [1.54, 1.807) is 24.3 Å². The fraction of sp³-hybridized carbons (Fsp3) is 0.357. The largest absolute Gasteiger partial charge is 0.481 e. The van der Waals surface area contributed by atoms with Gasteiger partial charge in [-0.1, -0.05) is 18.2 Å². The number of anilines is 1. The number of carboxylic acid groups (broad SMARTS) is 1. The molecular weight excluding hydrogens is 274 g/mol. The summed E-state index contributed by atoms with van der Waals surface area (Å²) >= 11 is 0. The summed E-state index contributed by atoms with van der Waals surface area (Å²) in [5, 5.41) is 14.7. The van der Waals surface area contributed by atoms with Crippen LogP contribution in [-0.4, -0.2) is 42.1 Å². The maximum Gasteiger partial charge on any atom is 0.322 e. The summed E-state index contributed by atoms with van der Waals surface area (Å²) in [6.07, 6.45) is 0.254. The lowest BCUT2D eigenvalue weighted by molar-refractivity contribution is -0.138. The second kappa shape index (κ2) is 5.08. The van der Waals surface area contributed by atoms with Crippen LogP contribution >= 0.6 is 0 Å². The number of amides is 3. The van der Waals surface area contributed by atoms with Gasteiger partial charge in [-0.2, -0.15) is 0 Å². The van der Waals surface area contributed by atoms with Crippen molar-refractivity contribution in [2.75, 3.05) is 18.0 Å². The Morgan fingerprint density at radius 1 is 1.33 bits per heavy atom. The van der Waals surface area contributed by atoms with E-state index in [0.29, 0.717) is 17.8 Å². The predicted molar refractivity (Wildman–Crippen MR) is 74.1 cm³/mol. The van der Waals surface area contributed by atoms with Gasteiger partial charge in [-0.25, -0.2) is 4.79 Å². The van der Waals surface area contributed by atoms with Crippen molar-refractivity contribution in [2.24, 2.45) is 0 Å². The normalized spacial score (nSPS) is 23.6. The summed E-state index contributed by atoms with van der Waals surface area (Å²) in [5.74, 6) is -1.75. The summed E-state index contributed by atoms with van der Waals surface area (Å²) < 4.78 is 0. The lowest BCUT2D eigenvalue weighted by Crippen LogP contribution is -2.45. The Kier molecular flexibility index (Phi) is 3.25. The van der Waals surface area contributed by atoms with Gasteiger partial charge < -0.3 is 15.7 Å². The monoisotopic (exact) mass is 289 g/mol. The Morgan fingerprint density at radius 3 is 2.76 bits per heavy atom. The van der Waals surface area contributed by atoms with Crippen LogP contribution in [0.25, 0.3) is 0 Å². The fourth-order valence-electron chi connectivity index (χ4n) is 2.77. The van der Waals surface area contributed by atoms with Gasteiger partial charge in [0.25, 0.3) is 0 Å². The maximum absolute atomic E-state index is 12.3. The Balaban J connectivity index is 1.78. The second-order valence-corrected chi connectivity index (χ2v) is 5.21. The van der Waals surface area contributed by atoms with Crippen LogP contribution in [0, 0.1) is 0 Å². The molecular formula is C14H15N3O4. The van der Waals surface area contributed by atoms with Gasteiger partial charge in [-0.15, -0.1) is 0 Å². The van der Waals surface area contributed by atoms with Gasteiger partial charge in [0.15, 0.2) is 0 Å². The molecule has 7 heteroatoms. The Bertz CT molecular complexity index is 616. The zero-order valence-corrected chi connectivity index (χ0v) is 11.2. The molecule has 3 N–H and O–H groups in total. The molecule has 110 valence electrons. The Hall–Kier alpha value is -2.57. The molecule has 0 aliphatic carbocycles. The van der Waals surface area contributed by atoms with Crippen LogP contribution in [-0.2, 0) is 9.59 Å². The molecule has 0 aromatic heterocycles. The van der Waals surface area contributed by atoms with Crippen molar-refractivity contribution in [3.05, 3.63) is 29.8 Å². The van der Waals surface area contributed by atoms with Gasteiger partial charge in [0, 0.05) is 25.2 Å². The first kappa shape index (κ1) is 13.4. The predicted octanol–water partition coefficient (Wildman–Crippen LogP) is 0.273. The Morgan fingerprint density at radius 2 is 2.10 bits per heavy atom. The Labute approximate surface area is 120 Å². The third-order valence-corrected chi connectivity index (χ3v) is 3.82. The molecule has 1 aromatic carbocycles. The first-order valence-electron chi connectivity index (χ1n) is 6.72. The van der Waals surface area contributed by atoms with Crippen LogP contribution in [0.15, 0.2) is 24.3 Å². The molecule has 1 saturated heterocycles. The number of carbonyl (C=O) groups excluding carboxylic acids is 2. The van der Waals surface area contributed by atoms with Crippen LogP contribution in [0.2, 0.25) is 0 Å². The van der Waals surface area contributed by atoms with Crippen LogP contribution in [0.1, 0.15) is 17.9 Å². The molecule has 21 heavy (non-hydrogen) atoms. The van der Waals surface area contributed by atoms with Crippen LogP contribution in [0.3, 0.4) is 0 Å². The second-order valence-electron chi connectivity index (χ2n) is 5.21. The number of urea groups is 1. The average Bonchev–Trinajstić information content (AvgIpc) is 3.02. The van der Waals surface area contributed by atoms with E-state index in [1.807, 2.05) is 0 Å². The number of carboxylic acids is 1. The molecule has 1 aromatic rings. The molecule has 2 aliphatic heterocycles. The average molecular weight is 289 g/mol. The summed E-state index contributed by atoms with van der Waals surface area (Å²) in [7, 11) is 0. The van der Waals surface area contributed by atoms with E-state index in [4.69, 9.17) is 0 Å². The van der Waals surface area contributed by atoms with Crippen LogP contribution in [0.4, 0.5) is 10.5 Å². The van der Waals surface area contributed by atoms with Crippen molar-refractivity contribution in [3.8, 4) is 0 Å². The number of nitrogens with zero attached hydrogens (tertiary/aromatic N) is 1. The van der Waals surface area contributed by atoms with Crippen LogP contribution in [0.5, 0.6) is 0 Å². The smallest absolute Gasteiger partial charge is 0.322 e. The first-order valence-corrected chi connectivity index (χ1v) is 6.72. The van der Waals surface area contributed by atoms with Crippen LogP contribution < -0.4 is 15.5 Å². The molecule has 2 aliphatic rings. The number of hydrogen-bond acceptors (Lipinski definition) is 3. The number of rotatable bonds is 2. The quantitative estimate of drug-likeness (QED) is 0.728. The van der Waals surface area contributed by atoms with Gasteiger partial charge >= 0.3 is 12.0 Å². The summed E-state index contributed by atoms with van der Waals surface area (Å²) in [6, 6.07) is 6.37. The molecule has 0 saturated carbocycles. The molecule has 3 rings (SSSR count). The standard InChI is InChI=1S/C14H15N3O4/c18-12-5-8(6-15-12)16-14(21)17-7-10(13(19)20)9-3-1-2-4-11(9)17/h1-4,8,10H,5-7H2,(H,15,18)(H,16,21)(H,19,20). The van der Waals surface area contributed by atoms with E-state index in [0.717, 1.165) is 0 Å². The number of carbonyl (C=O) groups is 3. The van der Waals surface area contributed by atoms with Gasteiger partial charge in [0.2, 0.25) is 5.91 Å². The van der Waals surface area contributed by atoms with E-state index < -0.39 is 11.9 Å². The number of fused-ring (bicyclic) bond motifs is 1. The van der Waals surface area contributed by atoms with Crippen molar-refractivity contribution in [2.45, 2.75) is 18.4 Å². The third-order valence-electron chi connectivity index (χ3n) is 3.82. The van der Waals surface area contributed by atoms with Gasteiger partial charge in [-0.05, 0) is 11.6 Å². The number of para-hydroxylation sites is 1. The summed E-state index contributed by atoms with van der Waals surface area (Å²) in [4.78, 5) is 36.2. The van der Waals surface area contributed by atoms with E-state index >= 15 is 0 Å². The molecule has 7 nitrogen and oxygen atoms in total. The SMILES string of the molecule is O=C1CC(NC(=O)N2CC(C(=O)O)c3ccccc32)CN1. The highest BCUT2D eigenvalue weighted by atomic mass is 16.4. The molecule has 2 atom stereocenters. The molecule has 1 fully saturated rings. The first-order chi connectivity index (χ1) is 10.1. The number of hydrogen-bond donors (Lipinski definition) is 3. The topological polar surface area (TPSA) is 98.7 Å². The molecule has 0 radical (unpaired) electrons. The maximum atomic E-state index is 12.3. The number of aliphatic carboxylic acids is 1. The van der Waals surface area contributed by atoms with E-state index in [1.165, 1.54) is 4.90 Å². The lowest BCUT2D eigenvalue weighted by Gasteiger charge is -2.20. The molecule has 0 spiro atoms. The fourth-order valence-corrected chi connectivity index (χ4v) is 2.77. The highest BCUT2D eigenvalue weighted by Gasteiger charge is 2.37. The minimum absolute atomic E-state index is 0.0921. The third kappa shape index (κ3) is 2.42. The molecule has 2 unspecified atom stereocenters. The van der Waals surface area contributed by atoms with Gasteiger partial charge in [0.1, 0.15) is 5.92 Å². The van der Waals surface area contributed by atoms with E-state index in [-0.39, 0.29) is 30.9 Å². The minimum atomic E-state index is -0.949. The lowest BCUT2D eigenvalue weighted by atomic mass is 10.0. The van der Waals surface area contributed by atoms with E-state index in [9.17, 15) is 19.5 Å². The zero-order valence-electron chi connectivity index (χ0n) is 11.2. The van der Waals surface area contributed by atoms with Crippen molar-refractivity contribution < 1.29 is 19.5 Å². The summed E-state index contributed by atoms with van der Waals surface area (Å²) in [6.45, 7) is 0.511. The highest BCUT2D eigenvalue weighted by Crippen LogP contribution is 2.36. The van der Waals surface area contributed by atoms with Gasteiger partial charge in [-0.3, -0.25) is 14.5 Å². The summed E-state index contributed by atoms with van der Waals surface area (Å²) in [5.41, 5.74) is 1.25. The van der Waals surface area contributed by atoms with Crippen molar-refractivity contribution in [1.29, 1.82) is 0 Å². The van der Waals surface area contributed by atoms with Gasteiger partial charge in [0.05, 0.1) is 6.04 Å². The minimum Gasteiger partial charge on any atom is -0.481 e. The highest BCUT2D eigenvalue weighted by molar-refractivity contribution is 5.98.